The van der Waals surface area contributed by atoms with Crippen LogP contribution in [-0.2, 0) is 4.74 Å². The zero-order valence-corrected chi connectivity index (χ0v) is 8.89. The van der Waals surface area contributed by atoms with Gasteiger partial charge in [-0.25, -0.2) is 4.79 Å². The zero-order valence-electron chi connectivity index (χ0n) is 8.89. The molecule has 0 aromatic carbocycles. The van der Waals surface area contributed by atoms with E-state index in [-0.39, 0.29) is 12.1 Å². The number of piperidine rings is 1. The van der Waals surface area contributed by atoms with E-state index in [4.69, 9.17) is 4.74 Å². The molecule has 2 aliphatic heterocycles. The van der Waals surface area contributed by atoms with Gasteiger partial charge in [0.15, 0.2) is 0 Å². The van der Waals surface area contributed by atoms with E-state index in [0.717, 1.165) is 0 Å². The van der Waals surface area contributed by atoms with Gasteiger partial charge < -0.3 is 19.6 Å². The summed E-state index contributed by atoms with van der Waals surface area (Å²) in [6, 6.07) is 0.102. The van der Waals surface area contributed by atoms with Crippen LogP contribution >= 0.6 is 0 Å². The highest BCUT2D eigenvalue weighted by Gasteiger charge is 2.26. The van der Waals surface area contributed by atoms with Crippen LogP contribution in [0.2, 0.25) is 0 Å². The number of morpholine rings is 1. The van der Waals surface area contributed by atoms with Crippen molar-refractivity contribution in [1.82, 2.24) is 9.80 Å². The molecule has 0 atom stereocenters. The maximum Gasteiger partial charge on any atom is 0.320 e. The maximum atomic E-state index is 12.0. The fraction of sp³-hybridized carbons (Fsp3) is 0.900. The third-order valence-corrected chi connectivity index (χ3v) is 3.02. The summed E-state index contributed by atoms with van der Waals surface area (Å²) in [5.41, 5.74) is 0. The number of aliphatic hydroxyl groups excluding tert-OH is 1. The SMILES string of the molecule is O=C(N1CCOCC1)N1CCC(O)CC1. The van der Waals surface area contributed by atoms with Gasteiger partial charge in [-0.3, -0.25) is 0 Å². The molecule has 0 aromatic heterocycles. The van der Waals surface area contributed by atoms with Crippen molar-refractivity contribution in [3.63, 3.8) is 0 Å². The van der Waals surface area contributed by atoms with Gasteiger partial charge >= 0.3 is 6.03 Å². The molecule has 2 fully saturated rings. The highest BCUT2D eigenvalue weighted by molar-refractivity contribution is 5.74. The molecule has 15 heavy (non-hydrogen) atoms. The predicted molar refractivity (Wildman–Crippen MR) is 54.6 cm³/mol. The van der Waals surface area contributed by atoms with Crippen LogP contribution in [0.25, 0.3) is 0 Å². The minimum atomic E-state index is -0.223. The largest absolute Gasteiger partial charge is 0.393 e. The summed E-state index contributed by atoms with van der Waals surface area (Å²) in [5, 5.41) is 9.35. The van der Waals surface area contributed by atoms with Crippen LogP contribution in [0.3, 0.4) is 0 Å². The van der Waals surface area contributed by atoms with Crippen molar-refractivity contribution in [2.45, 2.75) is 18.9 Å². The summed E-state index contributed by atoms with van der Waals surface area (Å²) >= 11 is 0. The second-order valence-electron chi connectivity index (χ2n) is 4.10. The van der Waals surface area contributed by atoms with Crippen molar-refractivity contribution in [1.29, 1.82) is 0 Å². The van der Waals surface area contributed by atoms with Crippen LogP contribution in [-0.4, -0.2) is 66.4 Å². The summed E-state index contributed by atoms with van der Waals surface area (Å²) in [6.45, 7) is 4.02. The van der Waals surface area contributed by atoms with Crippen molar-refractivity contribution in [2.75, 3.05) is 39.4 Å². The number of urea groups is 1. The van der Waals surface area contributed by atoms with Crippen molar-refractivity contribution in [3.8, 4) is 0 Å². The minimum absolute atomic E-state index is 0.102. The molecule has 1 N–H and O–H groups in total. The first-order valence-electron chi connectivity index (χ1n) is 5.57. The molecule has 0 spiro atoms. The number of nitrogens with zero attached hydrogens (tertiary/aromatic N) is 2. The minimum Gasteiger partial charge on any atom is -0.393 e. The van der Waals surface area contributed by atoms with Gasteiger partial charge in [-0.05, 0) is 12.8 Å². The van der Waals surface area contributed by atoms with Crippen molar-refractivity contribution in [2.24, 2.45) is 0 Å². The molecule has 0 aliphatic carbocycles. The van der Waals surface area contributed by atoms with Crippen LogP contribution in [0, 0.1) is 0 Å². The third-order valence-electron chi connectivity index (χ3n) is 3.02. The van der Waals surface area contributed by atoms with E-state index in [1.54, 1.807) is 0 Å². The number of carbonyl (C=O) groups excluding carboxylic acids is 1. The predicted octanol–water partition coefficient (Wildman–Crippen LogP) is -0.105. The lowest BCUT2D eigenvalue weighted by Gasteiger charge is -2.35. The highest BCUT2D eigenvalue weighted by atomic mass is 16.5. The fourth-order valence-corrected chi connectivity index (χ4v) is 2.01. The van der Waals surface area contributed by atoms with Gasteiger partial charge in [-0.2, -0.15) is 0 Å². The lowest BCUT2D eigenvalue weighted by atomic mass is 10.1. The van der Waals surface area contributed by atoms with Gasteiger partial charge in [-0.15, -0.1) is 0 Å². The highest BCUT2D eigenvalue weighted by Crippen LogP contribution is 2.12. The van der Waals surface area contributed by atoms with Crippen LogP contribution in [0.15, 0.2) is 0 Å². The number of ether oxygens (including phenoxy) is 1. The summed E-state index contributed by atoms with van der Waals surface area (Å²) in [4.78, 5) is 15.6. The third kappa shape index (κ3) is 2.60. The summed E-state index contributed by atoms with van der Waals surface area (Å²) in [5.74, 6) is 0. The molecule has 0 unspecified atom stereocenters. The van der Waals surface area contributed by atoms with Crippen molar-refractivity contribution in [3.05, 3.63) is 0 Å². The lowest BCUT2D eigenvalue weighted by Crippen LogP contribution is -2.50. The number of carbonyl (C=O) groups is 1. The van der Waals surface area contributed by atoms with Gasteiger partial charge in [0, 0.05) is 26.2 Å². The number of amides is 2. The normalized spacial score (nSPS) is 24.3. The number of hydrogen-bond donors (Lipinski definition) is 1. The first-order chi connectivity index (χ1) is 7.27. The van der Waals surface area contributed by atoms with E-state index >= 15 is 0 Å². The van der Waals surface area contributed by atoms with Gasteiger partial charge in [0.1, 0.15) is 0 Å². The summed E-state index contributed by atoms with van der Waals surface area (Å²) in [7, 11) is 0. The summed E-state index contributed by atoms with van der Waals surface area (Å²) in [6.07, 6.45) is 1.19. The molecule has 2 heterocycles. The quantitative estimate of drug-likeness (QED) is 0.612. The van der Waals surface area contributed by atoms with E-state index in [2.05, 4.69) is 0 Å². The molecule has 2 aliphatic rings. The Kier molecular flexibility index (Phi) is 3.43. The van der Waals surface area contributed by atoms with E-state index in [1.165, 1.54) is 0 Å². The zero-order chi connectivity index (χ0) is 10.7. The molecular formula is C10H18N2O3. The standard InChI is InChI=1S/C10H18N2O3/c13-9-1-3-11(4-2-9)10(14)12-5-7-15-8-6-12/h9,13H,1-8H2. The Balaban J connectivity index is 1.84. The average molecular weight is 214 g/mol. The van der Waals surface area contributed by atoms with Crippen LogP contribution in [0.1, 0.15) is 12.8 Å². The number of rotatable bonds is 0. The molecule has 86 valence electrons. The molecule has 0 saturated carbocycles. The Morgan fingerprint density at radius 1 is 1.07 bits per heavy atom. The molecule has 5 nitrogen and oxygen atoms in total. The van der Waals surface area contributed by atoms with E-state index in [0.29, 0.717) is 52.2 Å². The topological polar surface area (TPSA) is 53.0 Å². The van der Waals surface area contributed by atoms with Crippen LogP contribution in [0.4, 0.5) is 4.79 Å². The fourth-order valence-electron chi connectivity index (χ4n) is 2.01. The Morgan fingerprint density at radius 3 is 2.20 bits per heavy atom. The first-order valence-corrected chi connectivity index (χ1v) is 5.57. The van der Waals surface area contributed by atoms with E-state index in [9.17, 15) is 9.90 Å². The number of aliphatic hydroxyl groups is 1. The lowest BCUT2D eigenvalue weighted by molar-refractivity contribution is 0.0338. The maximum absolute atomic E-state index is 12.0. The Hall–Kier alpha value is -0.810. The number of hydrogen-bond acceptors (Lipinski definition) is 3. The Morgan fingerprint density at radius 2 is 1.60 bits per heavy atom. The molecule has 2 rings (SSSR count). The van der Waals surface area contributed by atoms with Crippen molar-refractivity contribution < 1.29 is 14.6 Å². The number of likely N-dealkylation sites (tertiary alicyclic amines) is 1. The van der Waals surface area contributed by atoms with Gasteiger partial charge in [0.25, 0.3) is 0 Å². The first kappa shape index (κ1) is 10.7. The molecule has 2 saturated heterocycles. The van der Waals surface area contributed by atoms with Gasteiger partial charge in [0.05, 0.1) is 19.3 Å². The van der Waals surface area contributed by atoms with E-state index < -0.39 is 0 Å². The van der Waals surface area contributed by atoms with Crippen LogP contribution in [0.5, 0.6) is 0 Å². The molecule has 0 radical (unpaired) electrons. The molecule has 2 amide bonds. The van der Waals surface area contributed by atoms with Gasteiger partial charge in [-0.1, -0.05) is 0 Å². The monoisotopic (exact) mass is 214 g/mol. The second-order valence-corrected chi connectivity index (χ2v) is 4.10. The van der Waals surface area contributed by atoms with Crippen molar-refractivity contribution >= 4 is 6.03 Å². The molecular weight excluding hydrogens is 196 g/mol. The smallest absolute Gasteiger partial charge is 0.320 e. The van der Waals surface area contributed by atoms with Crippen LogP contribution < -0.4 is 0 Å². The summed E-state index contributed by atoms with van der Waals surface area (Å²) < 4.78 is 5.20. The van der Waals surface area contributed by atoms with Gasteiger partial charge in [0.2, 0.25) is 0 Å². The second kappa shape index (κ2) is 4.81. The molecule has 0 aromatic rings. The average Bonchev–Trinajstić information content (AvgIpc) is 2.30. The Bertz CT molecular complexity index is 221. The Labute approximate surface area is 89.6 Å². The van der Waals surface area contributed by atoms with E-state index in [1.807, 2.05) is 9.80 Å². The molecule has 0 bridgehead atoms. The molecule has 5 heteroatoms.